The number of halogens is 4. The van der Waals surface area contributed by atoms with Gasteiger partial charge in [0.25, 0.3) is 0 Å². The minimum atomic E-state index is -4.20. The average molecular weight is 366 g/mol. The van der Waals surface area contributed by atoms with Crippen molar-refractivity contribution in [3.8, 4) is 0 Å². The lowest BCUT2D eigenvalue weighted by atomic mass is 10.1. The average Bonchev–Trinajstić information content (AvgIpc) is 2.49. The molecule has 4 nitrogen and oxygen atoms in total. The maximum atomic E-state index is 12.2. The Morgan fingerprint density at radius 3 is 2.38 bits per heavy atom. The molecular formula is C16H23ClF3N3O. The zero-order valence-corrected chi connectivity index (χ0v) is 14.8. The van der Waals surface area contributed by atoms with Crippen molar-refractivity contribution in [3.63, 3.8) is 0 Å². The molecule has 1 N–H and O–H groups in total. The molecule has 0 fully saturated rings. The van der Waals surface area contributed by atoms with Gasteiger partial charge in [-0.1, -0.05) is 23.7 Å². The van der Waals surface area contributed by atoms with E-state index in [4.69, 9.17) is 11.6 Å². The largest absolute Gasteiger partial charge is 0.401 e. The Bertz CT molecular complexity index is 522. The summed E-state index contributed by atoms with van der Waals surface area (Å²) in [5, 5.41) is 3.34. The Morgan fingerprint density at radius 2 is 1.83 bits per heavy atom. The third-order valence-electron chi connectivity index (χ3n) is 3.70. The molecule has 0 saturated carbocycles. The van der Waals surface area contributed by atoms with E-state index in [-0.39, 0.29) is 18.6 Å². The summed E-state index contributed by atoms with van der Waals surface area (Å²) in [6, 6.07) is 6.81. The van der Waals surface area contributed by atoms with Gasteiger partial charge in [0.05, 0.1) is 12.6 Å². The number of nitrogens with zero attached hydrogens (tertiary/aromatic N) is 2. The van der Waals surface area contributed by atoms with Crippen LogP contribution in [-0.4, -0.2) is 55.7 Å². The van der Waals surface area contributed by atoms with Crippen molar-refractivity contribution in [1.29, 1.82) is 0 Å². The van der Waals surface area contributed by atoms with E-state index in [0.717, 1.165) is 5.56 Å². The Balaban J connectivity index is 2.35. The molecule has 1 unspecified atom stereocenters. The molecule has 0 bridgehead atoms. The molecule has 0 spiro atoms. The SMILES string of the molecule is CC(c1ccc(Cl)cc1)N(C)C(=O)NCCCN(C)CC(F)(F)F. The van der Waals surface area contributed by atoms with Crippen LogP contribution in [0.2, 0.25) is 5.02 Å². The van der Waals surface area contributed by atoms with E-state index >= 15 is 0 Å². The third kappa shape index (κ3) is 7.40. The number of alkyl halides is 3. The molecule has 0 aromatic heterocycles. The Labute approximate surface area is 145 Å². The van der Waals surface area contributed by atoms with Crippen LogP contribution in [0.4, 0.5) is 18.0 Å². The van der Waals surface area contributed by atoms with Gasteiger partial charge < -0.3 is 10.2 Å². The molecule has 0 saturated heterocycles. The first-order valence-electron chi connectivity index (χ1n) is 7.61. The van der Waals surface area contributed by atoms with E-state index in [9.17, 15) is 18.0 Å². The molecule has 0 aliphatic carbocycles. The van der Waals surface area contributed by atoms with Crippen molar-refractivity contribution in [3.05, 3.63) is 34.9 Å². The predicted molar refractivity (Wildman–Crippen MR) is 89.2 cm³/mol. The Hall–Kier alpha value is -1.47. The molecule has 1 aromatic rings. The minimum Gasteiger partial charge on any atom is -0.338 e. The topological polar surface area (TPSA) is 35.6 Å². The molecule has 8 heteroatoms. The van der Waals surface area contributed by atoms with Crippen LogP contribution in [0.15, 0.2) is 24.3 Å². The van der Waals surface area contributed by atoms with E-state index in [0.29, 0.717) is 18.0 Å². The highest BCUT2D eigenvalue weighted by atomic mass is 35.5. The lowest BCUT2D eigenvalue weighted by molar-refractivity contribution is -0.143. The molecule has 24 heavy (non-hydrogen) atoms. The summed E-state index contributed by atoms with van der Waals surface area (Å²) < 4.78 is 36.6. The van der Waals surface area contributed by atoms with Gasteiger partial charge in [-0.3, -0.25) is 4.90 Å². The highest BCUT2D eigenvalue weighted by Gasteiger charge is 2.28. The fourth-order valence-corrected chi connectivity index (χ4v) is 2.32. The number of amides is 2. The van der Waals surface area contributed by atoms with Gasteiger partial charge in [-0.15, -0.1) is 0 Å². The Kier molecular flexibility index (Phi) is 7.83. The second kappa shape index (κ2) is 9.13. The van der Waals surface area contributed by atoms with Crippen LogP contribution in [-0.2, 0) is 0 Å². The van der Waals surface area contributed by atoms with Gasteiger partial charge in [-0.2, -0.15) is 13.2 Å². The number of rotatable bonds is 7. The normalized spacial score (nSPS) is 13.0. The maximum Gasteiger partial charge on any atom is 0.401 e. The minimum absolute atomic E-state index is 0.143. The van der Waals surface area contributed by atoms with Gasteiger partial charge in [0, 0.05) is 18.6 Å². The zero-order chi connectivity index (χ0) is 18.3. The summed E-state index contributed by atoms with van der Waals surface area (Å²) in [6.45, 7) is 1.52. The van der Waals surface area contributed by atoms with Gasteiger partial charge in [0.2, 0.25) is 0 Å². The standard InChI is InChI=1S/C16H23ClF3N3O/c1-12(13-5-7-14(17)8-6-13)23(3)15(24)21-9-4-10-22(2)11-16(18,19)20/h5-8,12H,4,9-11H2,1-3H3,(H,21,24). The van der Waals surface area contributed by atoms with Gasteiger partial charge in [-0.25, -0.2) is 4.79 Å². The van der Waals surface area contributed by atoms with E-state index in [1.165, 1.54) is 11.9 Å². The number of hydrogen-bond donors (Lipinski definition) is 1. The van der Waals surface area contributed by atoms with E-state index < -0.39 is 12.7 Å². The van der Waals surface area contributed by atoms with Crippen LogP contribution in [0.3, 0.4) is 0 Å². The summed E-state index contributed by atoms with van der Waals surface area (Å²) in [5.41, 5.74) is 0.946. The first-order chi connectivity index (χ1) is 11.1. The molecule has 1 rings (SSSR count). The number of carbonyl (C=O) groups is 1. The molecule has 1 aromatic carbocycles. The lowest BCUT2D eigenvalue weighted by Crippen LogP contribution is -2.40. The number of urea groups is 1. The van der Waals surface area contributed by atoms with Crippen molar-refractivity contribution in [2.24, 2.45) is 0 Å². The monoisotopic (exact) mass is 365 g/mol. The van der Waals surface area contributed by atoms with Gasteiger partial charge >= 0.3 is 12.2 Å². The molecule has 0 radical (unpaired) electrons. The quantitative estimate of drug-likeness (QED) is 0.743. The third-order valence-corrected chi connectivity index (χ3v) is 3.95. The van der Waals surface area contributed by atoms with Gasteiger partial charge in [-0.05, 0) is 44.6 Å². The maximum absolute atomic E-state index is 12.2. The van der Waals surface area contributed by atoms with Crippen molar-refractivity contribution in [2.75, 3.05) is 33.7 Å². The molecular weight excluding hydrogens is 343 g/mol. The van der Waals surface area contributed by atoms with Crippen molar-refractivity contribution < 1.29 is 18.0 Å². The number of nitrogens with one attached hydrogen (secondary N) is 1. The first-order valence-corrected chi connectivity index (χ1v) is 7.99. The number of carbonyl (C=O) groups excluding carboxylic acids is 1. The summed E-state index contributed by atoms with van der Waals surface area (Å²) >= 11 is 5.84. The summed E-state index contributed by atoms with van der Waals surface area (Å²) in [4.78, 5) is 14.8. The Morgan fingerprint density at radius 1 is 1.25 bits per heavy atom. The summed E-state index contributed by atoms with van der Waals surface area (Å²) in [5.74, 6) is 0. The van der Waals surface area contributed by atoms with Crippen LogP contribution >= 0.6 is 11.6 Å². The van der Waals surface area contributed by atoms with E-state index in [1.54, 1.807) is 24.1 Å². The predicted octanol–water partition coefficient (Wildman–Crippen LogP) is 3.93. The highest BCUT2D eigenvalue weighted by Crippen LogP contribution is 2.20. The van der Waals surface area contributed by atoms with Crippen LogP contribution in [0.1, 0.15) is 24.9 Å². The molecule has 0 heterocycles. The van der Waals surface area contributed by atoms with E-state index in [1.807, 2.05) is 19.1 Å². The lowest BCUT2D eigenvalue weighted by Gasteiger charge is -2.26. The second-order valence-electron chi connectivity index (χ2n) is 5.78. The fourth-order valence-electron chi connectivity index (χ4n) is 2.19. The zero-order valence-electron chi connectivity index (χ0n) is 14.0. The first kappa shape index (κ1) is 20.6. The van der Waals surface area contributed by atoms with Crippen LogP contribution < -0.4 is 5.32 Å². The van der Waals surface area contributed by atoms with Crippen LogP contribution in [0.25, 0.3) is 0 Å². The second-order valence-corrected chi connectivity index (χ2v) is 6.21. The number of benzene rings is 1. The fraction of sp³-hybridized carbons (Fsp3) is 0.562. The molecule has 0 aliphatic heterocycles. The smallest absolute Gasteiger partial charge is 0.338 e. The molecule has 0 aliphatic rings. The number of hydrogen-bond acceptors (Lipinski definition) is 2. The molecule has 136 valence electrons. The summed E-state index contributed by atoms with van der Waals surface area (Å²) in [7, 11) is 3.08. The van der Waals surface area contributed by atoms with Crippen LogP contribution in [0.5, 0.6) is 0 Å². The van der Waals surface area contributed by atoms with Gasteiger partial charge in [0.15, 0.2) is 0 Å². The molecule has 2 amide bonds. The van der Waals surface area contributed by atoms with Crippen LogP contribution in [0, 0.1) is 0 Å². The van der Waals surface area contributed by atoms with Gasteiger partial charge in [0.1, 0.15) is 0 Å². The summed E-state index contributed by atoms with van der Waals surface area (Å²) in [6.07, 6.45) is -3.76. The highest BCUT2D eigenvalue weighted by molar-refractivity contribution is 6.30. The van der Waals surface area contributed by atoms with E-state index in [2.05, 4.69) is 5.32 Å². The van der Waals surface area contributed by atoms with Crippen molar-refractivity contribution in [2.45, 2.75) is 25.6 Å². The van der Waals surface area contributed by atoms with Crippen molar-refractivity contribution >= 4 is 17.6 Å². The molecule has 1 atom stereocenters. The van der Waals surface area contributed by atoms with Crippen molar-refractivity contribution in [1.82, 2.24) is 15.1 Å².